The fraction of sp³-hybridized carbons (Fsp3) is 0.278. The third-order valence-corrected chi connectivity index (χ3v) is 6.36. The number of piperidine rings is 1. The molecule has 0 saturated carbocycles. The van der Waals surface area contributed by atoms with E-state index in [1.165, 1.54) is 12.1 Å². The predicted molar refractivity (Wildman–Crippen MR) is 102 cm³/mol. The Balaban J connectivity index is 1.59. The van der Waals surface area contributed by atoms with Gasteiger partial charge in [0.25, 0.3) is 5.91 Å². The molecule has 0 spiro atoms. The molecule has 2 aromatic carbocycles. The van der Waals surface area contributed by atoms with Crippen molar-refractivity contribution in [3.63, 3.8) is 0 Å². The lowest BCUT2D eigenvalue weighted by Gasteiger charge is -2.32. The average molecular weight is 413 g/mol. The van der Waals surface area contributed by atoms with Crippen molar-refractivity contribution in [2.24, 2.45) is 0 Å². The minimum Gasteiger partial charge on any atom is -0.339 e. The van der Waals surface area contributed by atoms with Crippen molar-refractivity contribution in [2.45, 2.75) is 23.8 Å². The van der Waals surface area contributed by atoms with Crippen molar-refractivity contribution < 1.29 is 13.2 Å². The number of halogens is 2. The van der Waals surface area contributed by atoms with Gasteiger partial charge >= 0.3 is 0 Å². The van der Waals surface area contributed by atoms with Gasteiger partial charge < -0.3 is 4.90 Å². The summed E-state index contributed by atoms with van der Waals surface area (Å²) < 4.78 is 27.6. The van der Waals surface area contributed by atoms with Gasteiger partial charge in [0.1, 0.15) is 0 Å². The quantitative estimate of drug-likeness (QED) is 0.834. The van der Waals surface area contributed by atoms with Crippen molar-refractivity contribution in [3.05, 3.63) is 64.1 Å². The Morgan fingerprint density at radius 2 is 1.42 bits per heavy atom. The third-order valence-electron chi connectivity index (χ3n) is 4.32. The van der Waals surface area contributed by atoms with Crippen LogP contribution in [0.2, 0.25) is 10.0 Å². The lowest BCUT2D eigenvalue weighted by Crippen LogP contribution is -2.46. The molecule has 1 aliphatic rings. The number of likely N-dealkylation sites (tertiary alicyclic amines) is 1. The van der Waals surface area contributed by atoms with Crippen LogP contribution in [0, 0.1) is 0 Å². The van der Waals surface area contributed by atoms with Gasteiger partial charge in [0.2, 0.25) is 10.0 Å². The number of hydrogen-bond donors (Lipinski definition) is 1. The summed E-state index contributed by atoms with van der Waals surface area (Å²) in [4.78, 5) is 14.4. The van der Waals surface area contributed by atoms with Crippen LogP contribution in [0.1, 0.15) is 23.2 Å². The van der Waals surface area contributed by atoms with Crippen molar-refractivity contribution in [1.29, 1.82) is 0 Å². The number of benzene rings is 2. The molecule has 0 radical (unpaired) electrons. The zero-order valence-corrected chi connectivity index (χ0v) is 16.2. The van der Waals surface area contributed by atoms with Gasteiger partial charge in [0.05, 0.1) is 4.90 Å². The molecule has 0 atom stereocenters. The lowest BCUT2D eigenvalue weighted by molar-refractivity contribution is 0.0711. The van der Waals surface area contributed by atoms with E-state index in [-0.39, 0.29) is 16.8 Å². The van der Waals surface area contributed by atoms with Crippen LogP contribution < -0.4 is 4.72 Å². The minimum absolute atomic E-state index is 0.0688. The Bertz CT molecular complexity index is 876. The smallest absolute Gasteiger partial charge is 0.253 e. The average Bonchev–Trinajstić information content (AvgIpc) is 2.62. The molecule has 0 aromatic heterocycles. The first-order valence-corrected chi connectivity index (χ1v) is 10.4. The maximum Gasteiger partial charge on any atom is 0.253 e. The van der Waals surface area contributed by atoms with Crippen LogP contribution >= 0.6 is 23.2 Å². The Morgan fingerprint density at radius 3 is 1.96 bits per heavy atom. The molecule has 2 aromatic rings. The molecule has 138 valence electrons. The SMILES string of the molecule is O=C(c1ccc(Cl)cc1)N1CCC(NS(=O)(=O)c2ccc(Cl)cc2)CC1. The fourth-order valence-electron chi connectivity index (χ4n) is 2.88. The number of hydrogen-bond acceptors (Lipinski definition) is 3. The summed E-state index contributed by atoms with van der Waals surface area (Å²) in [5.74, 6) is -0.0688. The van der Waals surface area contributed by atoms with Gasteiger partial charge in [-0.25, -0.2) is 13.1 Å². The highest BCUT2D eigenvalue weighted by molar-refractivity contribution is 7.89. The first-order valence-electron chi connectivity index (χ1n) is 8.18. The van der Waals surface area contributed by atoms with Gasteiger partial charge in [-0.3, -0.25) is 4.79 Å². The van der Waals surface area contributed by atoms with E-state index in [0.717, 1.165) is 0 Å². The molecule has 1 N–H and O–H groups in total. The Labute approximate surface area is 163 Å². The Hall–Kier alpha value is -1.60. The molecule has 1 fully saturated rings. The Morgan fingerprint density at radius 1 is 0.923 bits per heavy atom. The number of nitrogens with zero attached hydrogens (tertiary/aromatic N) is 1. The number of carbonyl (C=O) groups is 1. The molecule has 1 aliphatic heterocycles. The monoisotopic (exact) mass is 412 g/mol. The molecule has 0 unspecified atom stereocenters. The predicted octanol–water partition coefficient (Wildman–Crippen LogP) is 3.58. The highest BCUT2D eigenvalue weighted by Crippen LogP contribution is 2.19. The van der Waals surface area contributed by atoms with Gasteiger partial charge in [-0.15, -0.1) is 0 Å². The van der Waals surface area contributed by atoms with Gasteiger partial charge in [-0.05, 0) is 61.4 Å². The number of nitrogens with one attached hydrogen (secondary N) is 1. The number of sulfonamides is 1. The second-order valence-electron chi connectivity index (χ2n) is 6.15. The largest absolute Gasteiger partial charge is 0.339 e. The first kappa shape index (κ1) is 19.2. The molecule has 3 rings (SSSR count). The third kappa shape index (κ3) is 4.57. The molecule has 5 nitrogen and oxygen atoms in total. The van der Waals surface area contributed by atoms with Gasteiger partial charge in [0.15, 0.2) is 0 Å². The summed E-state index contributed by atoms with van der Waals surface area (Å²) in [6.45, 7) is 0.991. The molecular weight excluding hydrogens is 395 g/mol. The molecule has 26 heavy (non-hydrogen) atoms. The maximum absolute atomic E-state index is 12.5. The van der Waals surface area contributed by atoms with Gasteiger partial charge in [0, 0.05) is 34.7 Å². The second kappa shape index (κ2) is 7.96. The van der Waals surface area contributed by atoms with E-state index in [9.17, 15) is 13.2 Å². The van der Waals surface area contributed by atoms with E-state index < -0.39 is 10.0 Å². The number of rotatable bonds is 4. The van der Waals surface area contributed by atoms with E-state index in [1.807, 2.05) is 0 Å². The Kier molecular flexibility index (Phi) is 5.87. The second-order valence-corrected chi connectivity index (χ2v) is 8.74. The number of carbonyl (C=O) groups excluding carboxylic acids is 1. The zero-order valence-electron chi connectivity index (χ0n) is 13.9. The summed E-state index contributed by atoms with van der Waals surface area (Å²) in [6, 6.07) is 12.6. The van der Waals surface area contributed by atoms with Crippen LogP contribution in [-0.4, -0.2) is 38.4 Å². The maximum atomic E-state index is 12.5. The summed E-state index contributed by atoms with van der Waals surface area (Å²) in [7, 11) is -3.60. The zero-order chi connectivity index (χ0) is 18.7. The highest BCUT2D eigenvalue weighted by atomic mass is 35.5. The topological polar surface area (TPSA) is 66.5 Å². The van der Waals surface area contributed by atoms with Crippen LogP contribution in [0.4, 0.5) is 0 Å². The summed E-state index contributed by atoms with van der Waals surface area (Å²) in [5.41, 5.74) is 0.578. The van der Waals surface area contributed by atoms with Crippen LogP contribution in [0.25, 0.3) is 0 Å². The fourth-order valence-corrected chi connectivity index (χ4v) is 4.43. The van der Waals surface area contributed by atoms with Crippen LogP contribution in [0.3, 0.4) is 0 Å². The molecular formula is C18H18Cl2N2O3S. The van der Waals surface area contributed by atoms with Crippen molar-refractivity contribution in [1.82, 2.24) is 9.62 Å². The molecule has 1 heterocycles. The number of amides is 1. The minimum atomic E-state index is -3.60. The van der Waals surface area contributed by atoms with E-state index >= 15 is 0 Å². The summed E-state index contributed by atoms with van der Waals surface area (Å²) in [6.07, 6.45) is 1.12. The molecule has 8 heteroatoms. The van der Waals surface area contributed by atoms with Gasteiger partial charge in [-0.1, -0.05) is 23.2 Å². The van der Waals surface area contributed by atoms with Crippen LogP contribution in [0.5, 0.6) is 0 Å². The highest BCUT2D eigenvalue weighted by Gasteiger charge is 2.27. The van der Waals surface area contributed by atoms with E-state index in [4.69, 9.17) is 23.2 Å². The van der Waals surface area contributed by atoms with E-state index in [2.05, 4.69) is 4.72 Å². The standard InChI is InChI=1S/C18H18Cl2N2O3S/c19-14-3-1-13(2-4-14)18(23)22-11-9-16(10-12-22)21-26(24,25)17-7-5-15(20)6-8-17/h1-8,16,21H,9-12H2. The van der Waals surface area contributed by atoms with Crippen LogP contribution in [-0.2, 0) is 10.0 Å². The lowest BCUT2D eigenvalue weighted by atomic mass is 10.0. The normalized spacial score (nSPS) is 15.8. The summed E-state index contributed by atoms with van der Waals surface area (Å²) >= 11 is 11.6. The van der Waals surface area contributed by atoms with Crippen molar-refractivity contribution in [3.8, 4) is 0 Å². The van der Waals surface area contributed by atoms with E-state index in [1.54, 1.807) is 41.3 Å². The van der Waals surface area contributed by atoms with Crippen molar-refractivity contribution in [2.75, 3.05) is 13.1 Å². The first-order chi connectivity index (χ1) is 12.3. The van der Waals surface area contributed by atoms with Crippen molar-refractivity contribution >= 4 is 39.1 Å². The molecule has 0 aliphatic carbocycles. The van der Waals surface area contributed by atoms with Gasteiger partial charge in [-0.2, -0.15) is 0 Å². The summed E-state index contributed by atoms with van der Waals surface area (Å²) in [5, 5.41) is 1.06. The molecule has 1 amide bonds. The van der Waals surface area contributed by atoms with E-state index in [0.29, 0.717) is 41.5 Å². The molecule has 0 bridgehead atoms. The van der Waals surface area contributed by atoms with Crippen LogP contribution in [0.15, 0.2) is 53.4 Å². The molecule has 1 saturated heterocycles.